The van der Waals surface area contributed by atoms with Crippen molar-refractivity contribution in [1.82, 2.24) is 9.61 Å². The number of nitrogens with zero attached hydrogens (tertiary/aromatic N) is 3. The lowest BCUT2D eigenvalue weighted by molar-refractivity contribution is 1.02. The van der Waals surface area contributed by atoms with Gasteiger partial charge in [-0.25, -0.2) is 4.52 Å². The molecule has 28 heavy (non-hydrogen) atoms. The quantitative estimate of drug-likeness (QED) is 0.460. The zero-order chi connectivity index (χ0) is 19.1. The zero-order valence-electron chi connectivity index (χ0n) is 16.0. The molecule has 0 fully saturated rings. The molecule has 0 unspecified atom stereocenters. The first-order valence-electron chi connectivity index (χ1n) is 9.45. The summed E-state index contributed by atoms with van der Waals surface area (Å²) in [6, 6.07) is 29.6. The molecule has 0 N–H and O–H groups in total. The molecule has 3 nitrogen and oxygen atoms in total. The van der Waals surface area contributed by atoms with E-state index in [4.69, 9.17) is 5.10 Å². The van der Waals surface area contributed by atoms with Crippen molar-refractivity contribution in [3.8, 4) is 11.3 Å². The van der Waals surface area contributed by atoms with Crippen LogP contribution in [0.3, 0.4) is 0 Å². The molecule has 0 saturated heterocycles. The van der Waals surface area contributed by atoms with E-state index in [1.165, 1.54) is 21.9 Å². The van der Waals surface area contributed by atoms with Gasteiger partial charge in [-0.3, -0.25) is 0 Å². The van der Waals surface area contributed by atoms with Crippen LogP contribution in [0.1, 0.15) is 5.56 Å². The molecule has 0 aliphatic carbocycles. The smallest absolute Gasteiger partial charge is 0.0934 e. The fourth-order valence-corrected chi connectivity index (χ4v) is 3.72. The normalized spacial score (nSPS) is 12.1. The van der Waals surface area contributed by atoms with Gasteiger partial charge in [0.25, 0.3) is 0 Å². The van der Waals surface area contributed by atoms with Crippen molar-refractivity contribution in [2.75, 3.05) is 19.0 Å². The number of anilines is 1. The lowest BCUT2D eigenvalue weighted by Gasteiger charge is -2.11. The Morgan fingerprint density at radius 1 is 0.786 bits per heavy atom. The van der Waals surface area contributed by atoms with Gasteiger partial charge in [0.15, 0.2) is 0 Å². The van der Waals surface area contributed by atoms with Crippen LogP contribution in [0.5, 0.6) is 0 Å². The van der Waals surface area contributed by atoms with Gasteiger partial charge in [-0.1, -0.05) is 60.7 Å². The third kappa shape index (κ3) is 2.72. The number of hydrogen-bond donors (Lipinski definition) is 0. The van der Waals surface area contributed by atoms with Gasteiger partial charge < -0.3 is 4.90 Å². The molecule has 0 radical (unpaired) electrons. The van der Waals surface area contributed by atoms with E-state index in [0.29, 0.717) is 0 Å². The Morgan fingerprint density at radius 2 is 1.50 bits per heavy atom. The summed E-state index contributed by atoms with van der Waals surface area (Å²) in [7, 11) is 4.12. The molecular weight excluding hydrogens is 342 g/mol. The van der Waals surface area contributed by atoms with E-state index >= 15 is 0 Å². The maximum absolute atomic E-state index is 4.90. The summed E-state index contributed by atoms with van der Waals surface area (Å²) in [4.78, 5) is 2.11. The first-order valence-corrected chi connectivity index (χ1v) is 9.45. The van der Waals surface area contributed by atoms with Crippen molar-refractivity contribution in [2.45, 2.75) is 0 Å². The van der Waals surface area contributed by atoms with Crippen LogP contribution in [0.2, 0.25) is 0 Å². The van der Waals surface area contributed by atoms with Crippen LogP contribution < -0.4 is 10.1 Å². The minimum atomic E-state index is 0.999. The Bertz CT molecular complexity index is 1310. The van der Waals surface area contributed by atoms with E-state index in [2.05, 4.69) is 108 Å². The van der Waals surface area contributed by atoms with Crippen LogP contribution >= 0.6 is 0 Å². The van der Waals surface area contributed by atoms with E-state index in [9.17, 15) is 0 Å². The monoisotopic (exact) mass is 363 g/mol. The maximum Gasteiger partial charge on any atom is 0.0934 e. The third-order valence-electron chi connectivity index (χ3n) is 5.20. The van der Waals surface area contributed by atoms with Crippen LogP contribution in [-0.2, 0) is 0 Å². The van der Waals surface area contributed by atoms with Crippen molar-refractivity contribution >= 4 is 28.2 Å². The molecule has 0 aliphatic heterocycles. The predicted molar refractivity (Wildman–Crippen MR) is 118 cm³/mol. The highest BCUT2D eigenvalue weighted by Crippen LogP contribution is 2.23. The van der Waals surface area contributed by atoms with Gasteiger partial charge >= 0.3 is 0 Å². The lowest BCUT2D eigenvalue weighted by atomic mass is 10.1. The van der Waals surface area contributed by atoms with Crippen LogP contribution in [0.25, 0.3) is 33.8 Å². The van der Waals surface area contributed by atoms with Gasteiger partial charge in [0, 0.05) is 36.0 Å². The number of aromatic nitrogens is 2. The predicted octanol–water partition coefficient (Wildman–Crippen LogP) is 4.77. The highest BCUT2D eigenvalue weighted by molar-refractivity contribution is 5.91. The summed E-state index contributed by atoms with van der Waals surface area (Å²) in [5.41, 5.74) is 6.79. The highest BCUT2D eigenvalue weighted by Gasteiger charge is 2.12. The maximum atomic E-state index is 4.90. The Hall–Kier alpha value is -3.59. The number of fused-ring (bicyclic) bond motifs is 3. The summed E-state index contributed by atoms with van der Waals surface area (Å²) in [5, 5.41) is 7.34. The zero-order valence-corrected chi connectivity index (χ0v) is 16.0. The Morgan fingerprint density at radius 3 is 2.25 bits per heavy atom. The molecule has 0 bridgehead atoms. The van der Waals surface area contributed by atoms with Gasteiger partial charge in [-0.05, 0) is 35.9 Å². The molecule has 5 rings (SSSR count). The van der Waals surface area contributed by atoms with Gasteiger partial charge in [0.05, 0.1) is 16.7 Å². The topological polar surface area (TPSA) is 20.5 Å². The number of rotatable bonds is 3. The fraction of sp³-hybridized carbons (Fsp3) is 0.0800. The van der Waals surface area contributed by atoms with Crippen molar-refractivity contribution in [3.63, 3.8) is 0 Å². The van der Waals surface area contributed by atoms with Crippen molar-refractivity contribution in [1.29, 1.82) is 0 Å². The average molecular weight is 363 g/mol. The highest BCUT2D eigenvalue weighted by atomic mass is 15.2. The van der Waals surface area contributed by atoms with Crippen molar-refractivity contribution in [2.24, 2.45) is 0 Å². The summed E-state index contributed by atoms with van der Waals surface area (Å²) in [6.45, 7) is 0. The fourth-order valence-electron chi connectivity index (χ4n) is 3.72. The summed E-state index contributed by atoms with van der Waals surface area (Å²) >= 11 is 0. The SMILES string of the molecule is CN(C)c1ccc(/C=c2/c3ccccc3n3nc(-c4ccccc4)cc23)cc1. The molecule has 0 aliphatic rings. The molecule has 0 amide bonds. The van der Waals surface area contributed by atoms with Crippen LogP contribution in [0.15, 0.2) is 84.9 Å². The van der Waals surface area contributed by atoms with Crippen molar-refractivity contribution < 1.29 is 0 Å². The van der Waals surface area contributed by atoms with Gasteiger partial charge in [0.1, 0.15) is 0 Å². The minimum absolute atomic E-state index is 0.999. The molecule has 2 heterocycles. The second-order valence-electron chi connectivity index (χ2n) is 7.25. The van der Waals surface area contributed by atoms with Gasteiger partial charge in [0.2, 0.25) is 0 Å². The number of para-hydroxylation sites is 1. The van der Waals surface area contributed by atoms with E-state index < -0.39 is 0 Å². The van der Waals surface area contributed by atoms with Crippen LogP contribution in [0, 0.1) is 0 Å². The molecule has 5 aromatic rings. The Kier molecular flexibility index (Phi) is 3.87. The van der Waals surface area contributed by atoms with E-state index in [1.807, 2.05) is 6.07 Å². The second kappa shape index (κ2) is 6.54. The van der Waals surface area contributed by atoms with Gasteiger partial charge in [-0.2, -0.15) is 5.10 Å². The number of hydrogen-bond acceptors (Lipinski definition) is 2. The second-order valence-corrected chi connectivity index (χ2v) is 7.25. The standard InChI is InChI=1S/C25H21N3/c1-27(2)20-14-12-18(13-15-20)16-22-21-10-6-7-11-24(21)28-25(22)17-23(26-28)19-8-4-3-5-9-19/h3-17H,1-2H3/b22-16-. The average Bonchev–Trinajstić information content (AvgIpc) is 3.28. The van der Waals surface area contributed by atoms with Crippen LogP contribution in [-0.4, -0.2) is 23.7 Å². The first kappa shape index (κ1) is 16.6. The van der Waals surface area contributed by atoms with Crippen molar-refractivity contribution in [3.05, 3.63) is 95.7 Å². The molecule has 0 saturated carbocycles. The molecule has 2 aromatic heterocycles. The minimum Gasteiger partial charge on any atom is -0.378 e. The summed E-state index contributed by atoms with van der Waals surface area (Å²) in [5.74, 6) is 0. The Balaban J connectivity index is 1.75. The summed E-state index contributed by atoms with van der Waals surface area (Å²) < 4.78 is 2.07. The van der Waals surface area contributed by atoms with Gasteiger partial charge in [-0.15, -0.1) is 0 Å². The number of benzene rings is 3. The molecule has 136 valence electrons. The van der Waals surface area contributed by atoms with E-state index in [0.717, 1.165) is 22.3 Å². The van der Waals surface area contributed by atoms with E-state index in [-0.39, 0.29) is 0 Å². The van der Waals surface area contributed by atoms with E-state index in [1.54, 1.807) is 0 Å². The molecule has 0 spiro atoms. The van der Waals surface area contributed by atoms with Crippen LogP contribution in [0.4, 0.5) is 5.69 Å². The summed E-state index contributed by atoms with van der Waals surface area (Å²) in [6.07, 6.45) is 2.26. The first-order chi connectivity index (χ1) is 13.7. The molecule has 0 atom stereocenters. The largest absolute Gasteiger partial charge is 0.378 e. The molecule has 3 aromatic carbocycles. The molecular formula is C25H21N3. The third-order valence-corrected chi connectivity index (χ3v) is 5.20. The lowest BCUT2D eigenvalue weighted by Crippen LogP contribution is -2.08. The molecule has 3 heteroatoms. The Labute approximate surface area is 164 Å².